The quantitative estimate of drug-likeness (QED) is 0.756. The van der Waals surface area contributed by atoms with Crippen LogP contribution in [0.4, 0.5) is 0 Å². The molecule has 1 aliphatic heterocycles. The molecule has 2 N–H and O–H groups in total. The van der Waals surface area contributed by atoms with E-state index in [9.17, 15) is 18.6 Å². The SMILES string of the molecule is O=S1(=O)C[C@@H](O)[C@@H](O)[C@H](COCc2ccccc2)N1Cc1cccc(Cl)c1. The van der Waals surface area contributed by atoms with Gasteiger partial charge < -0.3 is 14.9 Å². The molecule has 1 fully saturated rings. The van der Waals surface area contributed by atoms with Crippen molar-refractivity contribution in [1.29, 1.82) is 0 Å². The molecule has 0 aromatic heterocycles. The second kappa shape index (κ2) is 8.68. The zero-order valence-electron chi connectivity index (χ0n) is 14.6. The van der Waals surface area contributed by atoms with Gasteiger partial charge in [0.1, 0.15) is 0 Å². The standard InChI is InChI=1S/C19H22ClNO5S/c20-16-8-4-7-15(9-16)10-21-17(19(23)18(22)13-27(21,24)25)12-26-11-14-5-2-1-3-6-14/h1-9,17-19,22-23H,10-13H2/t17-,18+,19-/m0/s1. The fourth-order valence-corrected chi connectivity index (χ4v) is 5.10. The van der Waals surface area contributed by atoms with E-state index in [1.165, 1.54) is 4.31 Å². The van der Waals surface area contributed by atoms with E-state index in [-0.39, 0.29) is 19.8 Å². The van der Waals surface area contributed by atoms with E-state index in [1.54, 1.807) is 24.3 Å². The van der Waals surface area contributed by atoms with Crippen LogP contribution < -0.4 is 0 Å². The largest absolute Gasteiger partial charge is 0.389 e. The Morgan fingerprint density at radius 1 is 1.07 bits per heavy atom. The van der Waals surface area contributed by atoms with E-state index in [0.29, 0.717) is 10.6 Å². The number of halogens is 1. The minimum atomic E-state index is -3.76. The summed E-state index contributed by atoms with van der Waals surface area (Å²) in [5.41, 5.74) is 1.63. The number of hydrogen-bond donors (Lipinski definition) is 2. The van der Waals surface area contributed by atoms with Gasteiger partial charge in [-0.15, -0.1) is 0 Å². The lowest BCUT2D eigenvalue weighted by Gasteiger charge is -2.40. The zero-order valence-corrected chi connectivity index (χ0v) is 16.2. The number of nitrogens with zero attached hydrogens (tertiary/aromatic N) is 1. The van der Waals surface area contributed by atoms with E-state index < -0.39 is 34.0 Å². The van der Waals surface area contributed by atoms with E-state index >= 15 is 0 Å². The van der Waals surface area contributed by atoms with Crippen LogP contribution in [0.5, 0.6) is 0 Å². The van der Waals surface area contributed by atoms with Gasteiger partial charge in [-0.3, -0.25) is 0 Å². The lowest BCUT2D eigenvalue weighted by atomic mass is 10.1. The molecule has 8 heteroatoms. The second-order valence-corrected chi connectivity index (χ2v) is 8.98. The van der Waals surface area contributed by atoms with E-state index in [2.05, 4.69) is 0 Å². The normalized spacial score (nSPS) is 25.4. The first-order valence-corrected chi connectivity index (χ1v) is 10.6. The van der Waals surface area contributed by atoms with Crippen LogP contribution in [-0.2, 0) is 27.9 Å². The van der Waals surface area contributed by atoms with Crippen molar-refractivity contribution >= 4 is 21.6 Å². The van der Waals surface area contributed by atoms with Gasteiger partial charge in [0.15, 0.2) is 0 Å². The molecule has 146 valence electrons. The molecule has 1 aliphatic rings. The van der Waals surface area contributed by atoms with Crippen molar-refractivity contribution in [3.8, 4) is 0 Å². The molecule has 0 bridgehead atoms. The van der Waals surface area contributed by atoms with Crippen molar-refractivity contribution in [2.75, 3.05) is 12.4 Å². The summed E-state index contributed by atoms with van der Waals surface area (Å²) >= 11 is 5.99. The fourth-order valence-electron chi connectivity index (χ4n) is 3.13. The molecule has 0 amide bonds. The Morgan fingerprint density at radius 2 is 1.78 bits per heavy atom. The molecule has 1 heterocycles. The monoisotopic (exact) mass is 411 g/mol. The van der Waals surface area contributed by atoms with Crippen LogP contribution >= 0.6 is 11.6 Å². The Hall–Kier alpha value is -1.48. The third kappa shape index (κ3) is 5.07. The van der Waals surface area contributed by atoms with Crippen LogP contribution in [0.15, 0.2) is 54.6 Å². The average Bonchev–Trinajstić information content (AvgIpc) is 2.63. The molecule has 0 radical (unpaired) electrons. The van der Waals surface area contributed by atoms with Crippen LogP contribution in [0.2, 0.25) is 5.02 Å². The summed E-state index contributed by atoms with van der Waals surface area (Å²) in [5.74, 6) is -0.524. The number of sulfonamides is 1. The van der Waals surface area contributed by atoms with Gasteiger partial charge >= 0.3 is 0 Å². The highest BCUT2D eigenvalue weighted by molar-refractivity contribution is 7.89. The van der Waals surface area contributed by atoms with Crippen molar-refractivity contribution in [3.63, 3.8) is 0 Å². The smallest absolute Gasteiger partial charge is 0.217 e. The van der Waals surface area contributed by atoms with Crippen molar-refractivity contribution < 1.29 is 23.4 Å². The summed E-state index contributed by atoms with van der Waals surface area (Å²) < 4.78 is 32.1. The molecule has 1 saturated heterocycles. The number of ether oxygens (including phenoxy) is 1. The minimum Gasteiger partial charge on any atom is -0.389 e. The van der Waals surface area contributed by atoms with Gasteiger partial charge in [-0.2, -0.15) is 4.31 Å². The maximum Gasteiger partial charge on any atom is 0.217 e. The second-order valence-electron chi connectivity index (χ2n) is 6.58. The third-order valence-electron chi connectivity index (χ3n) is 4.52. The maximum absolute atomic E-state index is 12.6. The highest BCUT2D eigenvalue weighted by Gasteiger charge is 2.45. The van der Waals surface area contributed by atoms with Crippen LogP contribution in [0, 0.1) is 0 Å². The topological polar surface area (TPSA) is 87.1 Å². The third-order valence-corrected chi connectivity index (χ3v) is 6.64. The number of hydrogen-bond acceptors (Lipinski definition) is 5. The van der Waals surface area contributed by atoms with Crippen LogP contribution in [0.3, 0.4) is 0 Å². The summed E-state index contributed by atoms with van der Waals surface area (Å²) in [4.78, 5) is 0. The van der Waals surface area contributed by atoms with Crippen molar-refractivity contribution in [1.82, 2.24) is 4.31 Å². The highest BCUT2D eigenvalue weighted by atomic mass is 35.5. The lowest BCUT2D eigenvalue weighted by molar-refractivity contribution is -0.0530. The molecule has 0 saturated carbocycles. The average molecular weight is 412 g/mol. The summed E-state index contributed by atoms with van der Waals surface area (Å²) in [6.07, 6.45) is -2.58. The number of aliphatic hydroxyl groups is 2. The molecule has 0 spiro atoms. The summed E-state index contributed by atoms with van der Waals surface area (Å²) in [5, 5.41) is 20.9. The predicted octanol–water partition coefficient (Wildman–Crippen LogP) is 1.79. The van der Waals surface area contributed by atoms with Crippen molar-refractivity contribution in [3.05, 3.63) is 70.7 Å². The van der Waals surface area contributed by atoms with Gasteiger partial charge in [0.05, 0.1) is 37.2 Å². The molecule has 0 aliphatic carbocycles. The molecule has 27 heavy (non-hydrogen) atoms. The molecule has 3 rings (SSSR count). The number of benzene rings is 2. The Kier molecular flexibility index (Phi) is 6.52. The lowest BCUT2D eigenvalue weighted by Crippen LogP contribution is -2.60. The van der Waals surface area contributed by atoms with Crippen LogP contribution in [0.1, 0.15) is 11.1 Å². The van der Waals surface area contributed by atoms with E-state index in [4.69, 9.17) is 16.3 Å². The van der Waals surface area contributed by atoms with Gasteiger partial charge in [-0.05, 0) is 23.3 Å². The van der Waals surface area contributed by atoms with Gasteiger partial charge in [0, 0.05) is 11.6 Å². The summed E-state index contributed by atoms with van der Waals surface area (Å²) in [6, 6.07) is 15.4. The first-order valence-electron chi connectivity index (χ1n) is 8.58. The van der Waals surface area contributed by atoms with Gasteiger partial charge in [-0.1, -0.05) is 54.1 Å². The van der Waals surface area contributed by atoms with E-state index in [1.807, 2.05) is 30.3 Å². The maximum atomic E-state index is 12.6. The number of aliphatic hydroxyl groups excluding tert-OH is 2. The molecule has 2 aromatic carbocycles. The summed E-state index contributed by atoms with van der Waals surface area (Å²) in [6.45, 7) is 0.296. The highest BCUT2D eigenvalue weighted by Crippen LogP contribution is 2.25. The van der Waals surface area contributed by atoms with Crippen LogP contribution in [-0.4, -0.2) is 53.5 Å². The predicted molar refractivity (Wildman–Crippen MR) is 103 cm³/mol. The van der Waals surface area contributed by atoms with Gasteiger partial charge in [0.25, 0.3) is 0 Å². The molecular formula is C19H22ClNO5S. The molecule has 0 unspecified atom stereocenters. The Bertz CT molecular complexity index is 861. The Labute approximate surface area is 164 Å². The first-order chi connectivity index (χ1) is 12.9. The van der Waals surface area contributed by atoms with Crippen molar-refractivity contribution in [2.45, 2.75) is 31.4 Å². The molecule has 6 nitrogen and oxygen atoms in total. The molecule has 2 aromatic rings. The minimum absolute atomic E-state index is 0.0348. The van der Waals surface area contributed by atoms with Crippen LogP contribution in [0.25, 0.3) is 0 Å². The molecule has 3 atom stereocenters. The van der Waals surface area contributed by atoms with E-state index in [0.717, 1.165) is 5.56 Å². The Morgan fingerprint density at radius 3 is 2.48 bits per heavy atom. The van der Waals surface area contributed by atoms with Gasteiger partial charge in [-0.25, -0.2) is 8.42 Å². The fraction of sp³-hybridized carbons (Fsp3) is 0.368. The first kappa shape index (κ1) is 20.3. The van der Waals surface area contributed by atoms with Gasteiger partial charge in [0.2, 0.25) is 10.0 Å². The zero-order chi connectivity index (χ0) is 19.4. The molecular weight excluding hydrogens is 390 g/mol. The Balaban J connectivity index is 1.77. The number of rotatable bonds is 6. The van der Waals surface area contributed by atoms with Crippen molar-refractivity contribution in [2.24, 2.45) is 0 Å². The summed E-state index contributed by atoms with van der Waals surface area (Å²) in [7, 11) is -3.76.